The van der Waals surface area contributed by atoms with Gasteiger partial charge in [-0.2, -0.15) is 0 Å². The van der Waals surface area contributed by atoms with E-state index in [9.17, 15) is 4.79 Å². The quantitative estimate of drug-likeness (QED) is 0.557. The van der Waals surface area contributed by atoms with Crippen molar-refractivity contribution in [2.75, 3.05) is 20.1 Å². The van der Waals surface area contributed by atoms with Gasteiger partial charge in [-0.25, -0.2) is 0 Å². The minimum Gasteiger partial charge on any atom is -0.459 e. The molecule has 1 spiro atoms. The first kappa shape index (κ1) is 11.5. The number of hydrogen-bond acceptors (Lipinski definition) is 3. The number of hydrogen-bond donors (Lipinski definition) is 0. The summed E-state index contributed by atoms with van der Waals surface area (Å²) in [5, 5.41) is 0. The molecule has 0 amide bonds. The maximum Gasteiger partial charge on any atom is 0.306 e. The zero-order chi connectivity index (χ0) is 10.6. The van der Waals surface area contributed by atoms with Crippen molar-refractivity contribution in [2.45, 2.75) is 45.1 Å². The van der Waals surface area contributed by atoms with E-state index in [0.717, 1.165) is 32.4 Å². The summed E-state index contributed by atoms with van der Waals surface area (Å²) in [7, 11) is 2.11. The number of piperidine rings is 1. The Morgan fingerprint density at radius 2 is 1.79 bits per heavy atom. The van der Waals surface area contributed by atoms with Crippen LogP contribution in [0.4, 0.5) is 0 Å². The lowest BCUT2D eigenvalue weighted by atomic mass is 9.89. The van der Waals surface area contributed by atoms with Crippen LogP contribution in [-0.2, 0) is 9.53 Å². The van der Waals surface area contributed by atoms with Crippen LogP contribution in [0.1, 0.15) is 39.5 Å². The van der Waals surface area contributed by atoms with Crippen molar-refractivity contribution in [3.63, 3.8) is 0 Å². The van der Waals surface area contributed by atoms with E-state index in [0.29, 0.717) is 6.42 Å². The van der Waals surface area contributed by atoms with Crippen molar-refractivity contribution in [3.8, 4) is 0 Å². The molecule has 0 N–H and O–H groups in total. The van der Waals surface area contributed by atoms with E-state index in [1.54, 1.807) is 0 Å². The highest BCUT2D eigenvalue weighted by Crippen LogP contribution is 2.35. The number of rotatable bonds is 0. The van der Waals surface area contributed by atoms with Crippen molar-refractivity contribution in [3.05, 3.63) is 0 Å². The van der Waals surface area contributed by atoms with E-state index in [1.165, 1.54) is 0 Å². The highest BCUT2D eigenvalue weighted by Gasteiger charge is 2.41. The van der Waals surface area contributed by atoms with Gasteiger partial charge in [-0.05, 0) is 26.3 Å². The number of carbonyl (C=O) groups is 1. The van der Waals surface area contributed by atoms with Crippen LogP contribution >= 0.6 is 0 Å². The molecule has 2 rings (SSSR count). The first-order valence-electron chi connectivity index (χ1n) is 5.61. The van der Waals surface area contributed by atoms with E-state index in [1.807, 2.05) is 13.8 Å². The predicted molar refractivity (Wildman–Crippen MR) is 56.1 cm³/mol. The first-order valence-corrected chi connectivity index (χ1v) is 5.61. The molecule has 2 saturated heterocycles. The normalized spacial score (nSPS) is 25.5. The Labute approximate surface area is 86.4 Å². The van der Waals surface area contributed by atoms with Crippen LogP contribution in [0, 0.1) is 0 Å². The molecule has 2 fully saturated rings. The fourth-order valence-corrected chi connectivity index (χ4v) is 2.05. The topological polar surface area (TPSA) is 29.5 Å². The molecule has 0 saturated carbocycles. The maximum atomic E-state index is 11.0. The molecule has 2 aliphatic heterocycles. The number of carbonyl (C=O) groups excluding carboxylic acids is 1. The zero-order valence-electron chi connectivity index (χ0n) is 9.51. The second kappa shape index (κ2) is 4.78. The molecule has 0 aromatic rings. The summed E-state index contributed by atoms with van der Waals surface area (Å²) >= 11 is 0. The van der Waals surface area contributed by atoms with Crippen molar-refractivity contribution in [1.82, 2.24) is 4.90 Å². The molecule has 2 heterocycles. The molecular formula is C11H21NO2. The molecule has 0 bridgehead atoms. The molecular weight excluding hydrogens is 178 g/mol. The van der Waals surface area contributed by atoms with Gasteiger partial charge in [0.2, 0.25) is 0 Å². The molecule has 82 valence electrons. The van der Waals surface area contributed by atoms with Crippen molar-refractivity contribution < 1.29 is 9.53 Å². The lowest BCUT2D eigenvalue weighted by Crippen LogP contribution is -2.42. The fraction of sp³-hybridized carbons (Fsp3) is 0.909. The van der Waals surface area contributed by atoms with Gasteiger partial charge in [-0.1, -0.05) is 13.8 Å². The van der Waals surface area contributed by atoms with Gasteiger partial charge in [0.25, 0.3) is 0 Å². The van der Waals surface area contributed by atoms with Gasteiger partial charge in [0.05, 0.1) is 0 Å². The van der Waals surface area contributed by atoms with E-state index in [-0.39, 0.29) is 11.6 Å². The largest absolute Gasteiger partial charge is 0.459 e. The smallest absolute Gasteiger partial charge is 0.306 e. The molecule has 14 heavy (non-hydrogen) atoms. The van der Waals surface area contributed by atoms with Crippen LogP contribution < -0.4 is 0 Å². The third kappa shape index (κ3) is 2.47. The molecule has 0 atom stereocenters. The first-order chi connectivity index (χ1) is 6.70. The minimum absolute atomic E-state index is 0.000414. The second-order valence-corrected chi connectivity index (χ2v) is 3.96. The van der Waals surface area contributed by atoms with Gasteiger partial charge in [0.15, 0.2) is 0 Å². The maximum absolute atomic E-state index is 11.0. The van der Waals surface area contributed by atoms with Crippen LogP contribution in [0.5, 0.6) is 0 Å². The van der Waals surface area contributed by atoms with E-state index in [4.69, 9.17) is 4.74 Å². The fourth-order valence-electron chi connectivity index (χ4n) is 2.05. The van der Waals surface area contributed by atoms with Crippen LogP contribution in [0.15, 0.2) is 0 Å². The molecule has 0 aliphatic carbocycles. The molecule has 2 aliphatic rings. The summed E-state index contributed by atoms with van der Waals surface area (Å²) in [6.07, 6.45) is 3.62. The molecule has 0 aromatic carbocycles. The summed E-state index contributed by atoms with van der Waals surface area (Å²) in [6, 6.07) is 0. The standard InChI is InChI=1S/C9H15NO2.C2H6/c1-10-6-4-9(5-7-10)3-2-8(11)12-9;1-2/h2-7H2,1H3;1-2H3. The summed E-state index contributed by atoms with van der Waals surface area (Å²) in [5.74, 6) is -0.000414. The summed E-state index contributed by atoms with van der Waals surface area (Å²) in [6.45, 7) is 6.13. The van der Waals surface area contributed by atoms with Gasteiger partial charge in [0, 0.05) is 19.5 Å². The summed E-state index contributed by atoms with van der Waals surface area (Å²) < 4.78 is 5.37. The van der Waals surface area contributed by atoms with Gasteiger partial charge < -0.3 is 9.64 Å². The number of esters is 1. The van der Waals surface area contributed by atoms with E-state index >= 15 is 0 Å². The Hall–Kier alpha value is -0.570. The van der Waals surface area contributed by atoms with E-state index in [2.05, 4.69) is 11.9 Å². The highest BCUT2D eigenvalue weighted by molar-refractivity contribution is 5.72. The molecule has 0 unspecified atom stereocenters. The Bertz CT molecular complexity index is 195. The van der Waals surface area contributed by atoms with Gasteiger partial charge >= 0.3 is 5.97 Å². The molecule has 0 aromatic heterocycles. The van der Waals surface area contributed by atoms with E-state index < -0.39 is 0 Å². The summed E-state index contributed by atoms with van der Waals surface area (Å²) in [4.78, 5) is 13.3. The third-order valence-electron chi connectivity index (χ3n) is 3.01. The number of nitrogens with zero attached hydrogens (tertiary/aromatic N) is 1. The SMILES string of the molecule is CC.CN1CCC2(CCC(=O)O2)CC1. The third-order valence-corrected chi connectivity index (χ3v) is 3.01. The van der Waals surface area contributed by atoms with Crippen molar-refractivity contribution in [1.29, 1.82) is 0 Å². The lowest BCUT2D eigenvalue weighted by Gasteiger charge is -2.36. The van der Waals surface area contributed by atoms with Crippen LogP contribution in [0.3, 0.4) is 0 Å². The van der Waals surface area contributed by atoms with Crippen LogP contribution in [0.25, 0.3) is 0 Å². The molecule has 0 radical (unpaired) electrons. The second-order valence-electron chi connectivity index (χ2n) is 3.96. The number of likely N-dealkylation sites (tertiary alicyclic amines) is 1. The van der Waals surface area contributed by atoms with Gasteiger partial charge in [-0.15, -0.1) is 0 Å². The Kier molecular flexibility index (Phi) is 3.93. The molecule has 3 heteroatoms. The monoisotopic (exact) mass is 199 g/mol. The minimum atomic E-state index is -0.0659. The molecule has 3 nitrogen and oxygen atoms in total. The Morgan fingerprint density at radius 3 is 2.21 bits per heavy atom. The van der Waals surface area contributed by atoms with Crippen LogP contribution in [0.2, 0.25) is 0 Å². The number of ether oxygens (including phenoxy) is 1. The highest BCUT2D eigenvalue weighted by atomic mass is 16.6. The predicted octanol–water partition coefficient (Wildman–Crippen LogP) is 1.81. The average Bonchev–Trinajstić information content (AvgIpc) is 2.57. The average molecular weight is 199 g/mol. The Balaban J connectivity index is 0.000000461. The Morgan fingerprint density at radius 1 is 1.21 bits per heavy atom. The van der Waals surface area contributed by atoms with Gasteiger partial charge in [-0.3, -0.25) is 4.79 Å². The lowest BCUT2D eigenvalue weighted by molar-refractivity contribution is -0.151. The van der Waals surface area contributed by atoms with Gasteiger partial charge in [0.1, 0.15) is 5.60 Å². The van der Waals surface area contributed by atoms with Crippen LogP contribution in [-0.4, -0.2) is 36.6 Å². The zero-order valence-corrected chi connectivity index (χ0v) is 9.51. The van der Waals surface area contributed by atoms with Crippen molar-refractivity contribution in [2.24, 2.45) is 0 Å². The van der Waals surface area contributed by atoms with Crippen molar-refractivity contribution >= 4 is 5.97 Å². The summed E-state index contributed by atoms with van der Waals surface area (Å²) in [5.41, 5.74) is -0.0659.